The summed E-state index contributed by atoms with van der Waals surface area (Å²) >= 11 is 1.52. The van der Waals surface area contributed by atoms with E-state index in [4.69, 9.17) is 0 Å². The van der Waals surface area contributed by atoms with Crippen LogP contribution in [0.15, 0.2) is 23.6 Å². The van der Waals surface area contributed by atoms with Crippen LogP contribution in [0.5, 0.6) is 0 Å². The van der Waals surface area contributed by atoms with E-state index >= 15 is 0 Å². The summed E-state index contributed by atoms with van der Waals surface area (Å²) in [6.07, 6.45) is 0. The fraction of sp³-hybridized carbons (Fsp3) is 0.250. The molecule has 124 valence electrons. The van der Waals surface area contributed by atoms with Gasteiger partial charge >= 0.3 is 0 Å². The molecule has 6 nitrogen and oxygen atoms in total. The minimum Gasteiger partial charge on any atom is -0.345 e. The normalized spacial score (nSPS) is 10.8. The maximum absolute atomic E-state index is 14.1. The van der Waals surface area contributed by atoms with Crippen molar-refractivity contribution in [3.63, 3.8) is 0 Å². The summed E-state index contributed by atoms with van der Waals surface area (Å²) in [5, 5.41) is 13.4. The van der Waals surface area contributed by atoms with Gasteiger partial charge in [-0.05, 0) is 38.5 Å². The average Bonchev–Trinajstić information content (AvgIpc) is 3.11. The van der Waals surface area contributed by atoms with E-state index in [1.165, 1.54) is 22.1 Å². The minimum absolute atomic E-state index is 0.168. The molecule has 0 saturated carbocycles. The Bertz CT molecular complexity index is 902. The first-order chi connectivity index (χ1) is 11.5. The standard InChI is InChI=1S/C16H16FN5OS/c1-9-4-5-14(13(17)6-9)22-10(2)15(20-21-22)16(23)18-7-12-8-24-11(3)19-12/h4-6,8H,7H2,1-3H3,(H,18,23). The van der Waals surface area contributed by atoms with Gasteiger partial charge in [-0.3, -0.25) is 4.79 Å². The van der Waals surface area contributed by atoms with Crippen LogP contribution in [-0.2, 0) is 6.54 Å². The summed E-state index contributed by atoms with van der Waals surface area (Å²) in [4.78, 5) is 16.6. The number of carbonyl (C=O) groups is 1. The summed E-state index contributed by atoms with van der Waals surface area (Å²) < 4.78 is 15.4. The smallest absolute Gasteiger partial charge is 0.274 e. The highest BCUT2D eigenvalue weighted by molar-refractivity contribution is 7.09. The summed E-state index contributed by atoms with van der Waals surface area (Å²) in [5.41, 5.74) is 2.51. The first-order valence-corrected chi connectivity index (χ1v) is 8.21. The van der Waals surface area contributed by atoms with Crippen LogP contribution in [0.2, 0.25) is 0 Å². The lowest BCUT2D eigenvalue weighted by atomic mass is 10.2. The molecule has 1 amide bonds. The Labute approximate surface area is 142 Å². The van der Waals surface area contributed by atoms with Crippen molar-refractivity contribution in [2.75, 3.05) is 0 Å². The van der Waals surface area contributed by atoms with Gasteiger partial charge in [0.2, 0.25) is 0 Å². The topological polar surface area (TPSA) is 72.7 Å². The number of carbonyl (C=O) groups excluding carboxylic acids is 1. The number of aryl methyl sites for hydroxylation is 2. The van der Waals surface area contributed by atoms with Gasteiger partial charge < -0.3 is 5.32 Å². The van der Waals surface area contributed by atoms with E-state index in [1.54, 1.807) is 26.0 Å². The first kappa shape index (κ1) is 16.3. The van der Waals surface area contributed by atoms with Gasteiger partial charge in [0.05, 0.1) is 22.9 Å². The predicted octanol–water partition coefficient (Wildman–Crippen LogP) is 2.72. The molecule has 8 heteroatoms. The molecule has 0 spiro atoms. The zero-order chi connectivity index (χ0) is 17.3. The van der Waals surface area contributed by atoms with Crippen LogP contribution in [0, 0.1) is 26.6 Å². The molecule has 0 atom stereocenters. The predicted molar refractivity (Wildman–Crippen MR) is 88.8 cm³/mol. The Kier molecular flexibility index (Phi) is 4.39. The van der Waals surface area contributed by atoms with Gasteiger partial charge in [-0.15, -0.1) is 16.4 Å². The van der Waals surface area contributed by atoms with Crippen LogP contribution in [0.25, 0.3) is 5.69 Å². The third-order valence-electron chi connectivity index (χ3n) is 3.54. The number of aromatic nitrogens is 4. The lowest BCUT2D eigenvalue weighted by Crippen LogP contribution is -2.24. The Balaban J connectivity index is 1.80. The molecule has 0 aliphatic heterocycles. The summed E-state index contributed by atoms with van der Waals surface area (Å²) in [6.45, 7) is 5.71. The second-order valence-electron chi connectivity index (χ2n) is 5.43. The number of nitrogens with zero attached hydrogens (tertiary/aromatic N) is 4. The molecular formula is C16H16FN5OS. The number of benzene rings is 1. The van der Waals surface area contributed by atoms with Crippen molar-refractivity contribution in [2.45, 2.75) is 27.3 Å². The zero-order valence-corrected chi connectivity index (χ0v) is 14.3. The molecule has 3 rings (SSSR count). The van der Waals surface area contributed by atoms with E-state index in [0.29, 0.717) is 12.2 Å². The monoisotopic (exact) mass is 345 g/mol. The fourth-order valence-corrected chi connectivity index (χ4v) is 2.91. The second kappa shape index (κ2) is 6.48. The molecule has 0 saturated heterocycles. The second-order valence-corrected chi connectivity index (χ2v) is 6.49. The molecule has 0 aliphatic carbocycles. The van der Waals surface area contributed by atoms with Crippen LogP contribution in [0.4, 0.5) is 4.39 Å². The molecular weight excluding hydrogens is 329 g/mol. The third-order valence-corrected chi connectivity index (χ3v) is 4.36. The molecule has 3 aromatic rings. The molecule has 0 aliphatic rings. The van der Waals surface area contributed by atoms with Crippen molar-refractivity contribution in [1.29, 1.82) is 0 Å². The van der Waals surface area contributed by atoms with Crippen molar-refractivity contribution in [3.05, 3.63) is 57.0 Å². The fourth-order valence-electron chi connectivity index (χ4n) is 2.30. The Morgan fingerprint density at radius 2 is 2.12 bits per heavy atom. The van der Waals surface area contributed by atoms with Crippen LogP contribution in [-0.4, -0.2) is 25.9 Å². The molecule has 0 radical (unpaired) electrons. The van der Waals surface area contributed by atoms with Gasteiger partial charge in [0.25, 0.3) is 5.91 Å². The van der Waals surface area contributed by atoms with Crippen LogP contribution in [0.3, 0.4) is 0 Å². The highest BCUT2D eigenvalue weighted by Crippen LogP contribution is 2.17. The molecule has 2 heterocycles. The van der Waals surface area contributed by atoms with Crippen LogP contribution < -0.4 is 5.32 Å². The third kappa shape index (κ3) is 3.18. The minimum atomic E-state index is -0.409. The molecule has 24 heavy (non-hydrogen) atoms. The SMILES string of the molecule is Cc1ccc(-n2nnc(C(=O)NCc3csc(C)n3)c2C)c(F)c1. The van der Waals surface area contributed by atoms with Gasteiger partial charge in [-0.2, -0.15) is 0 Å². The van der Waals surface area contributed by atoms with Crippen LogP contribution >= 0.6 is 11.3 Å². The van der Waals surface area contributed by atoms with Crippen LogP contribution in [0.1, 0.15) is 32.4 Å². The summed E-state index contributed by atoms with van der Waals surface area (Å²) in [7, 11) is 0. The van der Waals surface area contributed by atoms with Gasteiger partial charge in [0, 0.05) is 5.38 Å². The lowest BCUT2D eigenvalue weighted by molar-refractivity contribution is 0.0944. The number of amides is 1. The molecule has 0 bridgehead atoms. The Hall–Kier alpha value is -2.61. The molecule has 1 N–H and O–H groups in total. The van der Waals surface area contributed by atoms with E-state index < -0.39 is 5.82 Å². The largest absolute Gasteiger partial charge is 0.345 e. The quantitative estimate of drug-likeness (QED) is 0.789. The maximum atomic E-state index is 14.1. The number of rotatable bonds is 4. The number of halogens is 1. The van der Waals surface area contributed by atoms with E-state index in [-0.39, 0.29) is 17.3 Å². The highest BCUT2D eigenvalue weighted by atomic mass is 32.1. The zero-order valence-electron chi connectivity index (χ0n) is 13.5. The molecule has 0 unspecified atom stereocenters. The molecule has 1 aromatic carbocycles. The van der Waals surface area contributed by atoms with Crippen molar-refractivity contribution in [2.24, 2.45) is 0 Å². The Morgan fingerprint density at radius 3 is 2.79 bits per heavy atom. The van der Waals surface area contributed by atoms with E-state index in [9.17, 15) is 9.18 Å². The Morgan fingerprint density at radius 1 is 1.33 bits per heavy atom. The van der Waals surface area contributed by atoms with E-state index in [0.717, 1.165) is 16.3 Å². The van der Waals surface area contributed by atoms with Crippen molar-refractivity contribution >= 4 is 17.2 Å². The van der Waals surface area contributed by atoms with Crippen molar-refractivity contribution < 1.29 is 9.18 Å². The summed E-state index contributed by atoms with van der Waals surface area (Å²) in [5.74, 6) is -0.773. The number of nitrogens with one attached hydrogen (secondary N) is 1. The van der Waals surface area contributed by atoms with Gasteiger partial charge in [0.1, 0.15) is 11.5 Å². The molecule has 0 fully saturated rings. The summed E-state index contributed by atoms with van der Waals surface area (Å²) in [6, 6.07) is 4.82. The van der Waals surface area contributed by atoms with Crippen molar-refractivity contribution in [1.82, 2.24) is 25.3 Å². The van der Waals surface area contributed by atoms with Gasteiger partial charge in [-0.25, -0.2) is 14.1 Å². The van der Waals surface area contributed by atoms with Crippen molar-refractivity contribution in [3.8, 4) is 5.69 Å². The highest BCUT2D eigenvalue weighted by Gasteiger charge is 2.19. The van der Waals surface area contributed by atoms with Gasteiger partial charge in [0.15, 0.2) is 5.69 Å². The van der Waals surface area contributed by atoms with Gasteiger partial charge in [-0.1, -0.05) is 11.3 Å². The maximum Gasteiger partial charge on any atom is 0.274 e. The van der Waals surface area contributed by atoms with E-state index in [1.807, 2.05) is 12.3 Å². The van der Waals surface area contributed by atoms with E-state index in [2.05, 4.69) is 20.6 Å². The number of hydrogen-bond acceptors (Lipinski definition) is 5. The average molecular weight is 345 g/mol. The number of thiazole rings is 1. The first-order valence-electron chi connectivity index (χ1n) is 7.33. The lowest BCUT2D eigenvalue weighted by Gasteiger charge is -2.06. The number of hydrogen-bond donors (Lipinski definition) is 1. The molecule has 2 aromatic heterocycles.